The molecule has 2 heterocycles. The Bertz CT molecular complexity index is 1010. The first-order valence-electron chi connectivity index (χ1n) is 8.08. The second kappa shape index (κ2) is 7.99. The summed E-state index contributed by atoms with van der Waals surface area (Å²) in [4.78, 5) is 13.2. The van der Waals surface area contributed by atoms with Crippen LogP contribution in [-0.2, 0) is 14.8 Å². The van der Waals surface area contributed by atoms with Crippen molar-refractivity contribution in [1.29, 1.82) is 0 Å². The van der Waals surface area contributed by atoms with Crippen LogP contribution in [0.25, 0.3) is 10.8 Å². The van der Waals surface area contributed by atoms with E-state index in [0.717, 1.165) is 4.88 Å². The van der Waals surface area contributed by atoms with Gasteiger partial charge in [0.2, 0.25) is 10.0 Å². The molecule has 0 bridgehead atoms. The second-order valence-corrected chi connectivity index (χ2v) is 8.21. The molecule has 0 aliphatic carbocycles. The molecule has 0 saturated heterocycles. The fourth-order valence-corrected chi connectivity index (χ4v) is 3.91. The Hall–Kier alpha value is -2.56. The molecule has 0 aliphatic heterocycles. The van der Waals surface area contributed by atoms with Gasteiger partial charge in [-0.15, -0.1) is 21.5 Å². The molecule has 0 amide bonds. The molecule has 1 atom stereocenters. The van der Waals surface area contributed by atoms with Gasteiger partial charge in [0.05, 0.1) is 15.3 Å². The molecule has 0 spiro atoms. The van der Waals surface area contributed by atoms with Gasteiger partial charge in [-0.05, 0) is 42.6 Å². The van der Waals surface area contributed by atoms with Gasteiger partial charge in [-0.1, -0.05) is 13.0 Å². The smallest absolute Gasteiger partial charge is 0.338 e. The highest BCUT2D eigenvalue weighted by Gasteiger charge is 2.21. The number of ether oxygens (including phenoxy) is 1. The molecule has 3 rings (SSSR count). The number of esters is 1. The van der Waals surface area contributed by atoms with E-state index in [9.17, 15) is 13.2 Å². The molecule has 0 fully saturated rings. The topological polar surface area (TPSA) is 111 Å². The molecular weight excluding hydrogens is 390 g/mol. The van der Waals surface area contributed by atoms with Gasteiger partial charge in [0.25, 0.3) is 11.8 Å². The summed E-state index contributed by atoms with van der Waals surface area (Å²) in [6.07, 6.45) is -0.746. The van der Waals surface area contributed by atoms with Crippen LogP contribution >= 0.6 is 11.3 Å². The molecule has 10 heteroatoms. The summed E-state index contributed by atoms with van der Waals surface area (Å²) in [6, 6.07) is 9.20. The van der Waals surface area contributed by atoms with Crippen LogP contribution in [0.4, 0.5) is 0 Å². The normalized spacial score (nSPS) is 12.7. The van der Waals surface area contributed by atoms with Crippen molar-refractivity contribution in [2.75, 3.05) is 6.54 Å². The number of sulfonamides is 1. The predicted molar refractivity (Wildman–Crippen MR) is 98.7 cm³/mol. The third-order valence-electron chi connectivity index (χ3n) is 3.54. The van der Waals surface area contributed by atoms with Gasteiger partial charge >= 0.3 is 5.97 Å². The maximum absolute atomic E-state index is 12.3. The monoisotopic (exact) mass is 407 g/mol. The minimum atomic E-state index is -3.57. The van der Waals surface area contributed by atoms with Crippen molar-refractivity contribution >= 4 is 27.3 Å². The van der Waals surface area contributed by atoms with Crippen LogP contribution < -0.4 is 4.72 Å². The van der Waals surface area contributed by atoms with Crippen molar-refractivity contribution in [3.63, 3.8) is 0 Å². The van der Waals surface area contributed by atoms with Gasteiger partial charge in [0.15, 0.2) is 6.10 Å². The number of thiophene rings is 1. The number of rotatable bonds is 7. The van der Waals surface area contributed by atoms with Crippen LogP contribution in [-0.4, -0.2) is 31.1 Å². The number of benzene rings is 1. The predicted octanol–water partition coefficient (Wildman–Crippen LogP) is 3.01. The lowest BCUT2D eigenvalue weighted by Crippen LogP contribution is -2.23. The minimum absolute atomic E-state index is 0.0754. The number of aromatic nitrogens is 2. The van der Waals surface area contributed by atoms with E-state index in [2.05, 4.69) is 14.9 Å². The second-order valence-electron chi connectivity index (χ2n) is 5.50. The Morgan fingerprint density at radius 2 is 2.00 bits per heavy atom. The van der Waals surface area contributed by atoms with Crippen LogP contribution in [0.5, 0.6) is 0 Å². The van der Waals surface area contributed by atoms with Gasteiger partial charge in [-0.25, -0.2) is 17.9 Å². The van der Waals surface area contributed by atoms with E-state index in [-0.39, 0.29) is 22.9 Å². The molecule has 27 heavy (non-hydrogen) atoms. The summed E-state index contributed by atoms with van der Waals surface area (Å²) in [6.45, 7) is 3.58. The van der Waals surface area contributed by atoms with Gasteiger partial charge in [-0.3, -0.25) is 0 Å². The maximum Gasteiger partial charge on any atom is 0.338 e. The number of hydrogen-bond acceptors (Lipinski definition) is 8. The SMILES string of the molecule is CCNS(=O)(=O)c1ccc(C(=O)OC(C)c2nnc(-c3cccs3)o2)cc1. The number of carbonyl (C=O) groups excluding carboxylic acids is 1. The Kier molecular flexibility index (Phi) is 5.68. The first kappa shape index (κ1) is 19.2. The van der Waals surface area contributed by atoms with Crippen LogP contribution in [0.15, 0.2) is 51.1 Å². The molecule has 0 aliphatic rings. The third-order valence-corrected chi connectivity index (χ3v) is 5.96. The van der Waals surface area contributed by atoms with Crippen molar-refractivity contribution in [3.8, 4) is 10.8 Å². The molecule has 8 nitrogen and oxygen atoms in total. The molecular formula is C17H17N3O5S2. The lowest BCUT2D eigenvalue weighted by molar-refractivity contribution is 0.0280. The molecule has 0 radical (unpaired) electrons. The van der Waals surface area contributed by atoms with Crippen molar-refractivity contribution in [1.82, 2.24) is 14.9 Å². The first-order valence-corrected chi connectivity index (χ1v) is 10.4. The summed E-state index contributed by atoms with van der Waals surface area (Å²) >= 11 is 1.46. The number of hydrogen-bond donors (Lipinski definition) is 1. The Morgan fingerprint density at radius 3 is 2.63 bits per heavy atom. The highest BCUT2D eigenvalue weighted by molar-refractivity contribution is 7.89. The average molecular weight is 407 g/mol. The standard InChI is InChI=1S/C17H17N3O5S2/c1-3-18-27(22,23)13-8-6-12(7-9-13)17(21)24-11(2)15-19-20-16(25-15)14-5-4-10-26-14/h4-11,18H,3H2,1-2H3. The van der Waals surface area contributed by atoms with Gasteiger partial charge < -0.3 is 9.15 Å². The first-order chi connectivity index (χ1) is 12.9. The number of nitrogens with zero attached hydrogens (tertiary/aromatic N) is 2. The molecule has 3 aromatic rings. The van der Waals surface area contributed by atoms with Crippen LogP contribution in [0.2, 0.25) is 0 Å². The maximum atomic E-state index is 12.3. The molecule has 0 saturated carbocycles. The van der Waals surface area contributed by atoms with E-state index in [1.807, 2.05) is 17.5 Å². The molecule has 142 valence electrons. The minimum Gasteiger partial charge on any atom is -0.449 e. The van der Waals surface area contributed by atoms with Crippen molar-refractivity contribution in [3.05, 3.63) is 53.2 Å². The van der Waals surface area contributed by atoms with E-state index in [0.29, 0.717) is 5.89 Å². The highest BCUT2D eigenvalue weighted by Crippen LogP contribution is 2.26. The Balaban J connectivity index is 1.68. The van der Waals surface area contributed by atoms with Crippen LogP contribution in [0.1, 0.15) is 36.2 Å². The molecule has 2 aromatic heterocycles. The van der Waals surface area contributed by atoms with E-state index < -0.39 is 22.1 Å². The number of nitrogens with one attached hydrogen (secondary N) is 1. The van der Waals surface area contributed by atoms with E-state index in [1.54, 1.807) is 13.8 Å². The zero-order chi connectivity index (χ0) is 19.4. The van der Waals surface area contributed by atoms with Gasteiger partial charge in [0, 0.05) is 6.54 Å². The quantitative estimate of drug-likeness (QED) is 0.599. The highest BCUT2D eigenvalue weighted by atomic mass is 32.2. The third kappa shape index (κ3) is 4.41. The van der Waals surface area contributed by atoms with Gasteiger partial charge in [0.1, 0.15) is 0 Å². The van der Waals surface area contributed by atoms with E-state index >= 15 is 0 Å². The van der Waals surface area contributed by atoms with Crippen molar-refractivity contribution in [2.45, 2.75) is 24.8 Å². The molecule has 1 aromatic carbocycles. The average Bonchev–Trinajstić information content (AvgIpc) is 3.33. The van der Waals surface area contributed by atoms with Crippen LogP contribution in [0.3, 0.4) is 0 Å². The zero-order valence-corrected chi connectivity index (χ0v) is 16.2. The zero-order valence-electron chi connectivity index (χ0n) is 14.6. The van der Waals surface area contributed by atoms with Crippen LogP contribution in [0, 0.1) is 0 Å². The fourth-order valence-electron chi connectivity index (χ4n) is 2.22. The number of carbonyl (C=O) groups is 1. The summed E-state index contributed by atoms with van der Waals surface area (Å²) < 4.78 is 37.1. The largest absolute Gasteiger partial charge is 0.449 e. The van der Waals surface area contributed by atoms with Gasteiger partial charge in [-0.2, -0.15) is 0 Å². The van der Waals surface area contributed by atoms with E-state index in [1.165, 1.54) is 35.6 Å². The fraction of sp³-hybridized carbons (Fsp3) is 0.235. The Labute approximate surface area is 160 Å². The lowest BCUT2D eigenvalue weighted by Gasteiger charge is -2.10. The van der Waals surface area contributed by atoms with Crippen molar-refractivity contribution < 1.29 is 22.4 Å². The van der Waals surface area contributed by atoms with E-state index in [4.69, 9.17) is 9.15 Å². The summed E-state index contributed by atoms with van der Waals surface area (Å²) in [5, 5.41) is 9.75. The summed E-state index contributed by atoms with van der Waals surface area (Å²) in [5.74, 6) is -0.0789. The lowest BCUT2D eigenvalue weighted by atomic mass is 10.2. The molecule has 1 N–H and O–H groups in total. The van der Waals surface area contributed by atoms with Crippen molar-refractivity contribution in [2.24, 2.45) is 0 Å². The summed E-state index contributed by atoms with van der Waals surface area (Å²) in [5.41, 5.74) is 0.218. The summed E-state index contributed by atoms with van der Waals surface area (Å²) in [7, 11) is -3.57. The Morgan fingerprint density at radius 1 is 1.26 bits per heavy atom. The molecule has 1 unspecified atom stereocenters.